The summed E-state index contributed by atoms with van der Waals surface area (Å²) in [4.78, 5) is 0. The molecule has 2 aromatic rings. The Morgan fingerprint density at radius 1 is 1.29 bits per heavy atom. The maximum absolute atomic E-state index is 5.96. The summed E-state index contributed by atoms with van der Waals surface area (Å²) in [5, 5.41) is 12.0. The summed E-state index contributed by atoms with van der Waals surface area (Å²) in [7, 11) is 0. The number of rotatable bonds is 1. The van der Waals surface area contributed by atoms with Crippen molar-refractivity contribution in [2.45, 2.75) is 0 Å². The quantitative estimate of drug-likeness (QED) is 0.812. The Bertz CT molecular complexity index is 470. The van der Waals surface area contributed by atoms with Crippen molar-refractivity contribution in [1.29, 1.82) is 0 Å². The van der Waals surface area contributed by atoms with Crippen LogP contribution < -0.4 is 0 Å². The zero-order valence-corrected chi connectivity index (χ0v) is 9.75. The number of nitrogens with zero attached hydrogens (tertiary/aromatic N) is 4. The van der Waals surface area contributed by atoms with E-state index in [4.69, 9.17) is 23.2 Å². The highest BCUT2D eigenvalue weighted by molar-refractivity contribution is 9.10. The highest BCUT2D eigenvalue weighted by atomic mass is 79.9. The van der Waals surface area contributed by atoms with Gasteiger partial charge in [0.05, 0.1) is 10.7 Å². The molecule has 0 bridgehead atoms. The summed E-state index contributed by atoms with van der Waals surface area (Å²) < 4.78 is 1.93. The first kappa shape index (κ1) is 9.89. The van der Waals surface area contributed by atoms with Crippen molar-refractivity contribution in [3.63, 3.8) is 0 Å². The number of halogens is 3. The molecule has 0 aliphatic heterocycles. The van der Waals surface area contributed by atoms with E-state index >= 15 is 0 Å². The molecule has 7 heteroatoms. The van der Waals surface area contributed by atoms with Gasteiger partial charge in [0.15, 0.2) is 0 Å². The second-order valence-corrected chi connectivity index (χ2v) is 4.01. The molecule has 72 valence electrons. The Balaban J connectivity index is 2.62. The van der Waals surface area contributed by atoms with Gasteiger partial charge >= 0.3 is 0 Å². The molecule has 0 saturated heterocycles. The van der Waals surface area contributed by atoms with E-state index in [1.54, 1.807) is 18.2 Å². The molecule has 0 spiro atoms. The zero-order valence-electron chi connectivity index (χ0n) is 6.65. The van der Waals surface area contributed by atoms with Gasteiger partial charge in [-0.25, -0.2) is 0 Å². The van der Waals surface area contributed by atoms with Crippen LogP contribution in [0.5, 0.6) is 0 Å². The smallest absolute Gasteiger partial charge is 0.186 e. The van der Waals surface area contributed by atoms with Crippen molar-refractivity contribution >= 4 is 39.1 Å². The van der Waals surface area contributed by atoms with E-state index in [2.05, 4.69) is 31.5 Å². The average molecular weight is 294 g/mol. The van der Waals surface area contributed by atoms with Crippen LogP contribution in [0.25, 0.3) is 5.69 Å². The van der Waals surface area contributed by atoms with E-state index in [0.717, 1.165) is 0 Å². The molecule has 0 aliphatic carbocycles. The van der Waals surface area contributed by atoms with E-state index in [9.17, 15) is 0 Å². The molecule has 1 aromatic heterocycles. The van der Waals surface area contributed by atoms with Crippen LogP contribution in [0.15, 0.2) is 22.9 Å². The molecular weight excluding hydrogens is 291 g/mol. The van der Waals surface area contributed by atoms with Crippen molar-refractivity contribution in [3.05, 3.63) is 33.0 Å². The average Bonchev–Trinajstić information content (AvgIpc) is 2.56. The zero-order chi connectivity index (χ0) is 10.1. The molecule has 0 fully saturated rings. The Morgan fingerprint density at radius 2 is 2.07 bits per heavy atom. The highest BCUT2D eigenvalue weighted by Crippen LogP contribution is 2.25. The van der Waals surface area contributed by atoms with E-state index in [1.165, 1.54) is 4.68 Å². The van der Waals surface area contributed by atoms with Crippen LogP contribution in [0.3, 0.4) is 0 Å². The van der Waals surface area contributed by atoms with Crippen LogP contribution in [0, 0.1) is 0 Å². The molecule has 0 atom stereocenters. The monoisotopic (exact) mass is 292 g/mol. The summed E-state index contributed by atoms with van der Waals surface area (Å²) in [5.74, 6) is 0. The number of benzene rings is 1. The lowest BCUT2D eigenvalue weighted by atomic mass is 10.3. The minimum atomic E-state index is 0.474. The SMILES string of the molecule is Clc1ccc(Cl)c(-n2nnnc2Br)c1. The summed E-state index contributed by atoms with van der Waals surface area (Å²) in [5.41, 5.74) is 0.635. The number of tetrazole rings is 1. The largest absolute Gasteiger partial charge is 0.222 e. The summed E-state index contributed by atoms with van der Waals surface area (Å²) in [6.45, 7) is 0. The van der Waals surface area contributed by atoms with Crippen LogP contribution in [0.1, 0.15) is 0 Å². The van der Waals surface area contributed by atoms with Gasteiger partial charge in [-0.05, 0) is 44.6 Å². The third-order valence-electron chi connectivity index (χ3n) is 1.57. The van der Waals surface area contributed by atoms with Crippen LogP contribution in [-0.2, 0) is 0 Å². The first-order valence-electron chi connectivity index (χ1n) is 3.58. The Hall–Kier alpha value is -0.650. The van der Waals surface area contributed by atoms with Gasteiger partial charge in [-0.3, -0.25) is 0 Å². The maximum atomic E-state index is 5.96. The molecular formula is C7H3BrCl2N4. The standard InChI is InChI=1S/C7H3BrCl2N4/c8-7-11-12-13-14(7)6-3-4(9)1-2-5(6)10/h1-3H. The third-order valence-corrected chi connectivity index (χ3v) is 2.62. The molecule has 0 amide bonds. The van der Waals surface area contributed by atoms with E-state index in [1.807, 2.05) is 0 Å². The predicted molar refractivity (Wildman–Crippen MR) is 56.9 cm³/mol. The number of aromatic nitrogens is 4. The fourth-order valence-electron chi connectivity index (χ4n) is 0.972. The molecule has 1 aromatic carbocycles. The van der Waals surface area contributed by atoms with Gasteiger partial charge in [0, 0.05) is 5.02 Å². The van der Waals surface area contributed by atoms with Gasteiger partial charge in [0.2, 0.25) is 4.73 Å². The fraction of sp³-hybridized carbons (Fsp3) is 0. The van der Waals surface area contributed by atoms with Crippen molar-refractivity contribution < 1.29 is 0 Å². The first-order chi connectivity index (χ1) is 6.68. The molecule has 14 heavy (non-hydrogen) atoms. The van der Waals surface area contributed by atoms with Gasteiger partial charge in [-0.15, -0.1) is 5.10 Å². The molecule has 0 radical (unpaired) electrons. The predicted octanol–water partition coefficient (Wildman–Crippen LogP) is 2.73. The Labute approximate surface area is 97.9 Å². The van der Waals surface area contributed by atoms with Gasteiger partial charge < -0.3 is 0 Å². The van der Waals surface area contributed by atoms with E-state index in [0.29, 0.717) is 20.5 Å². The fourth-order valence-corrected chi connectivity index (χ4v) is 1.67. The Kier molecular flexibility index (Phi) is 2.71. The lowest BCUT2D eigenvalue weighted by Crippen LogP contribution is -1.98. The van der Waals surface area contributed by atoms with Gasteiger partial charge in [-0.2, -0.15) is 4.68 Å². The number of hydrogen-bond acceptors (Lipinski definition) is 3. The van der Waals surface area contributed by atoms with Crippen LogP contribution in [0.2, 0.25) is 10.0 Å². The molecule has 0 saturated carbocycles. The maximum Gasteiger partial charge on any atom is 0.222 e. The second-order valence-electron chi connectivity index (χ2n) is 2.46. The molecule has 2 rings (SSSR count). The van der Waals surface area contributed by atoms with Gasteiger partial charge in [-0.1, -0.05) is 23.2 Å². The lowest BCUT2D eigenvalue weighted by Gasteiger charge is -2.03. The molecule has 1 heterocycles. The number of hydrogen-bond donors (Lipinski definition) is 0. The van der Waals surface area contributed by atoms with Crippen molar-refractivity contribution in [1.82, 2.24) is 20.2 Å². The van der Waals surface area contributed by atoms with E-state index < -0.39 is 0 Å². The third kappa shape index (κ3) is 1.75. The summed E-state index contributed by atoms with van der Waals surface area (Å²) in [6, 6.07) is 5.07. The van der Waals surface area contributed by atoms with E-state index in [-0.39, 0.29) is 0 Å². The molecule has 0 unspecified atom stereocenters. The minimum Gasteiger partial charge on any atom is -0.186 e. The summed E-state index contributed by atoms with van der Waals surface area (Å²) >= 11 is 15.0. The highest BCUT2D eigenvalue weighted by Gasteiger charge is 2.09. The van der Waals surface area contributed by atoms with Crippen molar-refractivity contribution in [3.8, 4) is 5.69 Å². The molecule has 0 N–H and O–H groups in total. The second kappa shape index (κ2) is 3.84. The minimum absolute atomic E-state index is 0.474. The Morgan fingerprint density at radius 3 is 2.71 bits per heavy atom. The molecule has 4 nitrogen and oxygen atoms in total. The van der Waals surface area contributed by atoms with Gasteiger partial charge in [0.1, 0.15) is 0 Å². The lowest BCUT2D eigenvalue weighted by molar-refractivity contribution is 0.783. The normalized spacial score (nSPS) is 10.5. The topological polar surface area (TPSA) is 43.6 Å². The molecule has 0 aliphatic rings. The van der Waals surface area contributed by atoms with Crippen LogP contribution in [-0.4, -0.2) is 20.2 Å². The van der Waals surface area contributed by atoms with Crippen molar-refractivity contribution in [2.75, 3.05) is 0 Å². The van der Waals surface area contributed by atoms with Crippen LogP contribution in [0.4, 0.5) is 0 Å². The summed E-state index contributed by atoms with van der Waals surface area (Å²) in [6.07, 6.45) is 0. The first-order valence-corrected chi connectivity index (χ1v) is 5.12. The van der Waals surface area contributed by atoms with Crippen LogP contribution >= 0.6 is 39.1 Å². The van der Waals surface area contributed by atoms with Gasteiger partial charge in [0.25, 0.3) is 0 Å². The van der Waals surface area contributed by atoms with Crippen molar-refractivity contribution in [2.24, 2.45) is 0 Å².